The van der Waals surface area contributed by atoms with Crippen molar-refractivity contribution in [3.05, 3.63) is 143 Å². The quantitative estimate of drug-likeness (QED) is 0.423. The molecule has 1 N–H and O–H groups in total. The van der Waals surface area contributed by atoms with Gasteiger partial charge in [-0.1, -0.05) is 60.7 Å². The molecule has 0 amide bonds. The Kier molecular flexibility index (Phi) is 4.13. The zero-order valence-corrected chi connectivity index (χ0v) is 17.6. The van der Waals surface area contributed by atoms with E-state index in [4.69, 9.17) is 5.41 Å². The summed E-state index contributed by atoms with van der Waals surface area (Å²) >= 11 is 0. The molecule has 0 aromatic heterocycles. The molecule has 0 fully saturated rings. The molecule has 0 atom stereocenters. The van der Waals surface area contributed by atoms with Gasteiger partial charge in [0, 0.05) is 32.7 Å². The van der Waals surface area contributed by atoms with E-state index in [0.717, 1.165) is 0 Å². The maximum Gasteiger partial charge on any atom is 0.196 e. The molecule has 6 rings (SSSR count). The first-order valence-electron chi connectivity index (χ1n) is 10.6. The van der Waals surface area contributed by atoms with Crippen LogP contribution in [0.1, 0.15) is 31.8 Å². The Morgan fingerprint density at radius 3 is 1.94 bits per heavy atom. The molecule has 0 saturated heterocycles. The molecule has 3 aliphatic carbocycles. The summed E-state index contributed by atoms with van der Waals surface area (Å²) in [4.78, 5) is 56.8. The molecule has 0 heterocycles. The molecule has 160 valence electrons. The largest absolute Gasteiger partial charge is 0.298 e. The predicted octanol–water partition coefficient (Wildman–Crippen LogP) is 2.65. The summed E-state index contributed by atoms with van der Waals surface area (Å²) in [6, 6.07) is 20.9. The van der Waals surface area contributed by atoms with Gasteiger partial charge >= 0.3 is 0 Å². The Morgan fingerprint density at radius 2 is 1.21 bits per heavy atom. The van der Waals surface area contributed by atoms with Gasteiger partial charge in [-0.2, -0.15) is 0 Å². The van der Waals surface area contributed by atoms with Crippen molar-refractivity contribution >= 4 is 28.0 Å². The molecular weight excluding hydrogens is 428 g/mol. The van der Waals surface area contributed by atoms with Crippen molar-refractivity contribution in [1.29, 1.82) is 5.41 Å². The van der Waals surface area contributed by atoms with Crippen LogP contribution >= 0.6 is 0 Å². The van der Waals surface area contributed by atoms with E-state index < -0.39 is 5.43 Å². The molecule has 3 aromatic rings. The highest BCUT2D eigenvalue weighted by molar-refractivity contribution is 6.29. The van der Waals surface area contributed by atoms with E-state index in [1.54, 1.807) is 66.7 Å². The highest BCUT2D eigenvalue weighted by atomic mass is 16.1. The van der Waals surface area contributed by atoms with Crippen molar-refractivity contribution in [2.45, 2.75) is 0 Å². The van der Waals surface area contributed by atoms with Crippen LogP contribution in [0, 0.1) is 15.8 Å². The summed E-state index contributed by atoms with van der Waals surface area (Å²) < 4.78 is 0. The van der Waals surface area contributed by atoms with Gasteiger partial charge in [0.05, 0.1) is 27.2 Å². The van der Waals surface area contributed by atoms with Crippen molar-refractivity contribution in [2.24, 2.45) is 4.99 Å². The lowest BCUT2D eigenvalue weighted by Crippen LogP contribution is -2.32. The van der Waals surface area contributed by atoms with Gasteiger partial charge in [0.2, 0.25) is 0 Å². The fraction of sp³-hybridized carbons (Fsp3) is 0. The van der Waals surface area contributed by atoms with E-state index in [2.05, 4.69) is 4.99 Å². The van der Waals surface area contributed by atoms with Gasteiger partial charge in [-0.15, -0.1) is 0 Å². The van der Waals surface area contributed by atoms with Crippen LogP contribution in [0.2, 0.25) is 0 Å². The summed E-state index contributed by atoms with van der Waals surface area (Å²) in [7, 11) is 0. The van der Waals surface area contributed by atoms with Crippen molar-refractivity contribution in [1.82, 2.24) is 0 Å². The van der Waals surface area contributed by atoms with Crippen molar-refractivity contribution in [3.8, 4) is 0 Å². The molecule has 0 spiro atoms. The molecule has 0 unspecified atom stereocenters. The minimum atomic E-state index is -0.414. The first-order valence-corrected chi connectivity index (χ1v) is 10.6. The fourth-order valence-electron chi connectivity index (χ4n) is 4.62. The average molecular weight is 442 g/mol. The minimum absolute atomic E-state index is 0.0116. The Labute approximate surface area is 191 Å². The second-order valence-electron chi connectivity index (χ2n) is 8.10. The third-order valence-electron chi connectivity index (χ3n) is 6.24. The van der Waals surface area contributed by atoms with Crippen molar-refractivity contribution in [2.75, 3.05) is 0 Å². The standard InChI is InChI=1S/C28H14N2O4/c29-24-21(13-12-19-23(24)28(34)17-9-4-2-7-15(17)26(19)32)30-20-11-5-10-18-22(20)27(33)16-8-3-1-6-14(16)25(18)31/h1-13,29H. The van der Waals surface area contributed by atoms with Crippen molar-refractivity contribution < 1.29 is 9.59 Å². The number of hydrogen-bond donors (Lipinski definition) is 1. The van der Waals surface area contributed by atoms with E-state index in [-0.39, 0.29) is 60.3 Å². The summed E-state index contributed by atoms with van der Waals surface area (Å²) in [5, 5.41) is 9.30. The van der Waals surface area contributed by atoms with E-state index in [1.807, 2.05) is 0 Å². The molecule has 0 aliphatic heterocycles. The van der Waals surface area contributed by atoms with Gasteiger partial charge in [-0.3, -0.25) is 24.6 Å². The maximum atomic E-state index is 13.3. The second-order valence-corrected chi connectivity index (χ2v) is 8.10. The molecule has 6 nitrogen and oxygen atoms in total. The number of fused-ring (bicyclic) bond motifs is 3. The van der Waals surface area contributed by atoms with Gasteiger partial charge in [0.1, 0.15) is 0 Å². The SMILES string of the molecule is N=c1c(=Nc2cccc3c2C(=O)c2ccccc2C3=O)ccc2c(=O)c3ccccc3c(=O)c1=2. The lowest BCUT2D eigenvalue weighted by atomic mass is 9.83. The Balaban J connectivity index is 1.68. The van der Waals surface area contributed by atoms with Crippen LogP contribution in [-0.2, 0) is 0 Å². The first-order chi connectivity index (χ1) is 16.5. The van der Waals surface area contributed by atoms with E-state index >= 15 is 0 Å². The molecular formula is C28H14N2O4. The summed E-state index contributed by atoms with van der Waals surface area (Å²) in [5.74, 6) is -0.592. The second kappa shape index (κ2) is 7.08. The van der Waals surface area contributed by atoms with Gasteiger partial charge in [-0.05, 0) is 18.2 Å². The van der Waals surface area contributed by atoms with Gasteiger partial charge in [-0.25, -0.2) is 4.99 Å². The average Bonchev–Trinajstić information content (AvgIpc) is 2.87. The van der Waals surface area contributed by atoms with E-state index in [1.165, 1.54) is 12.1 Å². The van der Waals surface area contributed by atoms with Crippen LogP contribution in [0.15, 0.2) is 93.4 Å². The normalized spacial score (nSPS) is 13.4. The summed E-state index contributed by atoms with van der Waals surface area (Å²) in [6.07, 6.45) is 0. The highest BCUT2D eigenvalue weighted by Gasteiger charge is 2.31. The van der Waals surface area contributed by atoms with Gasteiger partial charge in [0.25, 0.3) is 0 Å². The third-order valence-corrected chi connectivity index (χ3v) is 6.24. The number of carbonyl (C=O) groups excluding carboxylic acids is 2. The van der Waals surface area contributed by atoms with Gasteiger partial charge < -0.3 is 0 Å². The number of rotatable bonds is 1. The molecule has 0 saturated carbocycles. The van der Waals surface area contributed by atoms with E-state index in [0.29, 0.717) is 16.5 Å². The number of nitrogens with zero attached hydrogens (tertiary/aromatic N) is 1. The van der Waals surface area contributed by atoms with E-state index in [9.17, 15) is 19.2 Å². The molecule has 0 bridgehead atoms. The van der Waals surface area contributed by atoms with Crippen molar-refractivity contribution in [3.63, 3.8) is 0 Å². The highest BCUT2D eigenvalue weighted by Crippen LogP contribution is 2.32. The number of hydrogen-bond acceptors (Lipinski definition) is 6. The molecule has 3 aliphatic rings. The molecule has 0 radical (unpaired) electrons. The predicted molar refractivity (Wildman–Crippen MR) is 125 cm³/mol. The zero-order chi connectivity index (χ0) is 23.6. The van der Waals surface area contributed by atoms with Crippen LogP contribution < -0.4 is 21.6 Å². The number of ketones is 2. The molecule has 34 heavy (non-hydrogen) atoms. The summed E-state index contributed by atoms with van der Waals surface area (Å²) in [5.41, 5.74) is 0.549. The zero-order valence-electron chi connectivity index (χ0n) is 17.6. The Bertz CT molecular complexity index is 2020. The lowest BCUT2D eigenvalue weighted by molar-refractivity contribution is 0.0979. The summed E-state index contributed by atoms with van der Waals surface area (Å²) in [6.45, 7) is 0. The number of benzene rings is 3. The van der Waals surface area contributed by atoms with Crippen LogP contribution in [0.5, 0.6) is 0 Å². The third kappa shape index (κ3) is 2.62. The number of nitrogens with one attached hydrogen (secondary N) is 1. The Hall–Kier alpha value is -4.84. The lowest BCUT2D eigenvalue weighted by Gasteiger charge is -2.18. The Morgan fingerprint density at radius 1 is 0.588 bits per heavy atom. The fourth-order valence-corrected chi connectivity index (χ4v) is 4.62. The number of carbonyl (C=O) groups is 2. The first kappa shape index (κ1) is 19.8. The minimum Gasteiger partial charge on any atom is -0.298 e. The van der Waals surface area contributed by atoms with Crippen LogP contribution in [0.4, 0.5) is 5.69 Å². The van der Waals surface area contributed by atoms with Crippen LogP contribution in [-0.4, -0.2) is 11.6 Å². The van der Waals surface area contributed by atoms with Crippen LogP contribution in [0.3, 0.4) is 0 Å². The van der Waals surface area contributed by atoms with Gasteiger partial charge in [0.15, 0.2) is 22.4 Å². The monoisotopic (exact) mass is 442 g/mol. The molecule has 6 heteroatoms. The van der Waals surface area contributed by atoms with Crippen LogP contribution in [0.25, 0.3) is 10.8 Å². The maximum absolute atomic E-state index is 13.3. The smallest absolute Gasteiger partial charge is 0.196 e. The topological polar surface area (TPSA) is 104 Å². The molecule has 3 aromatic carbocycles.